The van der Waals surface area contributed by atoms with Gasteiger partial charge in [0.05, 0.1) is 24.3 Å². The van der Waals surface area contributed by atoms with Crippen LogP contribution in [0, 0.1) is 6.92 Å². The summed E-state index contributed by atoms with van der Waals surface area (Å²) < 4.78 is 25.6. The Morgan fingerprint density at radius 1 is 1.06 bits per heavy atom. The molecule has 0 bridgehead atoms. The van der Waals surface area contributed by atoms with Crippen LogP contribution in [0.15, 0.2) is 42.5 Å². The Balaban J connectivity index is 1.62. The van der Waals surface area contributed by atoms with Gasteiger partial charge in [0, 0.05) is 6.54 Å². The van der Waals surface area contributed by atoms with E-state index >= 15 is 0 Å². The molecule has 3 aliphatic heterocycles. The van der Waals surface area contributed by atoms with Crippen molar-refractivity contribution in [3.05, 3.63) is 70.3 Å². The molecular formula is C22H20FN3O5. The predicted octanol–water partition coefficient (Wildman–Crippen LogP) is 2.66. The van der Waals surface area contributed by atoms with Crippen LogP contribution >= 0.6 is 0 Å². The second-order valence-corrected chi connectivity index (χ2v) is 7.66. The molecule has 3 atom stereocenters. The molecule has 2 saturated heterocycles. The molecule has 3 amide bonds. The molecule has 2 fully saturated rings. The second kappa shape index (κ2) is 7.44. The van der Waals surface area contributed by atoms with Gasteiger partial charge in [-0.05, 0) is 29.7 Å². The number of benzene rings is 2. The van der Waals surface area contributed by atoms with Gasteiger partial charge < -0.3 is 9.47 Å². The van der Waals surface area contributed by atoms with Crippen molar-refractivity contribution in [1.29, 1.82) is 0 Å². The second-order valence-electron chi connectivity index (χ2n) is 7.66. The monoisotopic (exact) mass is 425 g/mol. The van der Waals surface area contributed by atoms with E-state index in [1.807, 2.05) is 30.3 Å². The van der Waals surface area contributed by atoms with Crippen LogP contribution in [-0.4, -0.2) is 54.0 Å². The van der Waals surface area contributed by atoms with Gasteiger partial charge in [-0.25, -0.2) is 14.2 Å². The number of rotatable bonds is 3. The highest BCUT2D eigenvalue weighted by Gasteiger charge is 2.49. The number of alkyl halides is 1. The molecule has 160 valence electrons. The summed E-state index contributed by atoms with van der Waals surface area (Å²) in [5.74, 6) is -0.929. The summed E-state index contributed by atoms with van der Waals surface area (Å²) >= 11 is 0. The van der Waals surface area contributed by atoms with Gasteiger partial charge in [-0.2, -0.15) is 5.01 Å². The van der Waals surface area contributed by atoms with Crippen LogP contribution in [0.4, 0.5) is 9.18 Å². The molecule has 0 aromatic heterocycles. The summed E-state index contributed by atoms with van der Waals surface area (Å²) in [7, 11) is 0. The van der Waals surface area contributed by atoms with E-state index in [0.717, 1.165) is 5.56 Å². The number of morpholine rings is 1. The smallest absolute Gasteiger partial charge is 0.425 e. The number of fused-ring (bicyclic) bond motifs is 1. The minimum Gasteiger partial charge on any atom is -0.438 e. The Kier molecular flexibility index (Phi) is 4.71. The molecule has 31 heavy (non-hydrogen) atoms. The first-order chi connectivity index (χ1) is 15.0. The normalized spacial score (nSPS) is 26.1. The number of amides is 3. The fourth-order valence-corrected chi connectivity index (χ4v) is 4.49. The van der Waals surface area contributed by atoms with Gasteiger partial charge in [0.2, 0.25) is 0 Å². The number of carbonyl (C=O) groups is 3. The Labute approximate surface area is 177 Å². The van der Waals surface area contributed by atoms with Crippen molar-refractivity contribution >= 4 is 17.9 Å². The van der Waals surface area contributed by atoms with Crippen LogP contribution in [0.2, 0.25) is 0 Å². The van der Waals surface area contributed by atoms with Gasteiger partial charge >= 0.3 is 6.09 Å². The molecule has 3 unspecified atom stereocenters. The molecule has 2 aromatic carbocycles. The van der Waals surface area contributed by atoms with Crippen LogP contribution in [0.1, 0.15) is 49.6 Å². The zero-order valence-electron chi connectivity index (χ0n) is 16.7. The first-order valence-corrected chi connectivity index (χ1v) is 9.99. The number of nitrogens with one attached hydrogen (secondary N) is 1. The maximum absolute atomic E-state index is 14.7. The van der Waals surface area contributed by atoms with Crippen molar-refractivity contribution in [2.75, 3.05) is 19.8 Å². The van der Waals surface area contributed by atoms with Crippen LogP contribution in [-0.2, 0) is 9.47 Å². The molecule has 0 spiro atoms. The molecule has 9 heteroatoms. The maximum Gasteiger partial charge on any atom is 0.425 e. The third kappa shape index (κ3) is 3.08. The molecule has 3 aliphatic rings. The van der Waals surface area contributed by atoms with E-state index in [2.05, 4.69) is 5.32 Å². The number of imide groups is 1. The lowest BCUT2D eigenvalue weighted by molar-refractivity contribution is -0.156. The molecule has 5 rings (SSSR count). The van der Waals surface area contributed by atoms with Gasteiger partial charge in [-0.15, -0.1) is 0 Å². The molecule has 0 aliphatic carbocycles. The average Bonchev–Trinajstić information content (AvgIpc) is 3.25. The van der Waals surface area contributed by atoms with Crippen molar-refractivity contribution in [3.8, 4) is 0 Å². The van der Waals surface area contributed by atoms with Crippen molar-refractivity contribution in [2.24, 2.45) is 0 Å². The van der Waals surface area contributed by atoms with Gasteiger partial charge in [0.15, 0.2) is 12.4 Å². The van der Waals surface area contributed by atoms with E-state index in [1.165, 1.54) is 10.0 Å². The van der Waals surface area contributed by atoms with Gasteiger partial charge in [0.1, 0.15) is 6.04 Å². The molecular weight excluding hydrogens is 405 g/mol. The lowest BCUT2D eigenvalue weighted by Gasteiger charge is -2.39. The summed E-state index contributed by atoms with van der Waals surface area (Å²) in [6.45, 7) is 2.07. The highest BCUT2D eigenvalue weighted by molar-refractivity contribution is 6.22. The molecule has 2 aromatic rings. The third-order valence-corrected chi connectivity index (χ3v) is 5.94. The molecule has 8 nitrogen and oxygen atoms in total. The first-order valence-electron chi connectivity index (χ1n) is 9.99. The van der Waals surface area contributed by atoms with Gasteiger partial charge in [-0.1, -0.05) is 36.4 Å². The number of nitrogens with zero attached hydrogens (tertiary/aromatic N) is 2. The fourth-order valence-electron chi connectivity index (χ4n) is 4.49. The Hall–Kier alpha value is -3.30. The number of hydrogen-bond acceptors (Lipinski definition) is 6. The highest BCUT2D eigenvalue weighted by atomic mass is 19.1. The summed E-state index contributed by atoms with van der Waals surface area (Å²) in [4.78, 5) is 37.3. The molecule has 3 heterocycles. The van der Waals surface area contributed by atoms with E-state index in [9.17, 15) is 18.8 Å². The quantitative estimate of drug-likeness (QED) is 0.601. The summed E-state index contributed by atoms with van der Waals surface area (Å²) in [5.41, 5.74) is 2.48. The molecule has 0 saturated carbocycles. The number of hydrazine groups is 1. The Morgan fingerprint density at radius 2 is 1.84 bits per heavy atom. The lowest BCUT2D eigenvalue weighted by atomic mass is 9.89. The lowest BCUT2D eigenvalue weighted by Crippen LogP contribution is -2.54. The minimum atomic E-state index is -1.49. The van der Waals surface area contributed by atoms with Gasteiger partial charge in [-0.3, -0.25) is 14.9 Å². The van der Waals surface area contributed by atoms with Crippen LogP contribution < -0.4 is 5.32 Å². The largest absolute Gasteiger partial charge is 0.438 e. The highest BCUT2D eigenvalue weighted by Crippen LogP contribution is 2.46. The van der Waals surface area contributed by atoms with Gasteiger partial charge in [0.25, 0.3) is 11.8 Å². The van der Waals surface area contributed by atoms with E-state index in [-0.39, 0.29) is 25.3 Å². The SMILES string of the molecule is Cc1c(C2OC(=O)N(N3CCOCC3F)C2c2ccccc2)ccc2c1C(=O)NC2=O. The third-order valence-electron chi connectivity index (χ3n) is 5.94. The maximum atomic E-state index is 14.7. The van der Waals surface area contributed by atoms with Crippen molar-refractivity contribution in [1.82, 2.24) is 15.3 Å². The summed E-state index contributed by atoms with van der Waals surface area (Å²) in [6, 6.07) is 11.8. The van der Waals surface area contributed by atoms with Crippen LogP contribution in [0.25, 0.3) is 0 Å². The van der Waals surface area contributed by atoms with E-state index in [1.54, 1.807) is 19.1 Å². The van der Waals surface area contributed by atoms with E-state index < -0.39 is 36.3 Å². The average molecular weight is 425 g/mol. The number of ether oxygens (including phenoxy) is 2. The zero-order chi connectivity index (χ0) is 21.7. The minimum absolute atomic E-state index is 0.143. The summed E-state index contributed by atoms with van der Waals surface area (Å²) in [6.07, 6.45) is -2.96. The molecule has 1 N–H and O–H groups in total. The molecule has 0 radical (unpaired) electrons. The Bertz CT molecular complexity index is 1080. The Morgan fingerprint density at radius 3 is 2.58 bits per heavy atom. The predicted molar refractivity (Wildman–Crippen MR) is 106 cm³/mol. The fraction of sp³-hybridized carbons (Fsp3) is 0.318. The topological polar surface area (TPSA) is 88.2 Å². The van der Waals surface area contributed by atoms with Crippen LogP contribution in [0.5, 0.6) is 0 Å². The van der Waals surface area contributed by atoms with E-state index in [4.69, 9.17) is 9.47 Å². The van der Waals surface area contributed by atoms with Crippen molar-refractivity contribution in [3.63, 3.8) is 0 Å². The first kappa shape index (κ1) is 19.7. The standard InChI is InChI=1S/C22H20FN3O5/c1-12-14(7-8-15-17(12)21(28)24-20(15)27)19-18(13-5-3-2-4-6-13)26(22(29)31-19)25-9-10-30-11-16(25)23/h2-8,16,18-19H,9-11H2,1H3,(H,24,27,28). The number of carbonyl (C=O) groups excluding carboxylic acids is 3. The van der Waals surface area contributed by atoms with Crippen molar-refractivity contribution in [2.45, 2.75) is 25.4 Å². The zero-order valence-corrected chi connectivity index (χ0v) is 16.7. The van der Waals surface area contributed by atoms with Crippen molar-refractivity contribution < 1.29 is 28.2 Å². The summed E-state index contributed by atoms with van der Waals surface area (Å²) in [5, 5.41) is 4.94. The number of halogens is 1. The number of cyclic esters (lactones) is 1. The van der Waals surface area contributed by atoms with E-state index in [0.29, 0.717) is 16.7 Å². The number of hydrogen-bond donors (Lipinski definition) is 1. The van der Waals surface area contributed by atoms with Crippen LogP contribution in [0.3, 0.4) is 0 Å².